The minimum Gasteiger partial charge on any atom is -0.396 e. The van der Waals surface area contributed by atoms with Crippen molar-refractivity contribution in [1.29, 1.82) is 0 Å². The molecule has 1 N–H and O–H groups in total. The van der Waals surface area contributed by atoms with E-state index >= 15 is 0 Å². The molecule has 0 aromatic carbocycles. The molecule has 6 heteroatoms. The van der Waals surface area contributed by atoms with Gasteiger partial charge in [-0.05, 0) is 0 Å². The van der Waals surface area contributed by atoms with Crippen molar-refractivity contribution in [2.75, 3.05) is 46.4 Å². The van der Waals surface area contributed by atoms with E-state index in [1.165, 1.54) is 0 Å². The zero-order valence-electron chi connectivity index (χ0n) is 10.1. The maximum absolute atomic E-state index is 12.0. The standard InChI is InChI=1S/C11H19N3O3/c1-12-3-4-13-5-6-14(10(16)2-7-15)8-9(13)11(12)17/h9,15H,2-8H2,1H3/t9-/m0/s1. The van der Waals surface area contributed by atoms with Gasteiger partial charge in [-0.25, -0.2) is 0 Å². The van der Waals surface area contributed by atoms with Crippen LogP contribution in [0.15, 0.2) is 0 Å². The van der Waals surface area contributed by atoms with Crippen molar-refractivity contribution in [2.45, 2.75) is 12.5 Å². The fourth-order valence-electron chi connectivity index (χ4n) is 2.45. The Hall–Kier alpha value is -1.14. The number of aliphatic hydroxyl groups excluding tert-OH is 1. The Morgan fingerprint density at radius 2 is 2.06 bits per heavy atom. The van der Waals surface area contributed by atoms with Crippen molar-refractivity contribution in [3.8, 4) is 0 Å². The lowest BCUT2D eigenvalue weighted by Gasteiger charge is -2.45. The number of fused-ring (bicyclic) bond motifs is 1. The molecular weight excluding hydrogens is 222 g/mol. The molecule has 0 bridgehead atoms. The van der Waals surface area contributed by atoms with E-state index in [-0.39, 0.29) is 30.9 Å². The predicted molar refractivity (Wildman–Crippen MR) is 61.3 cm³/mol. The minimum absolute atomic E-state index is 0.0619. The maximum Gasteiger partial charge on any atom is 0.241 e. The third-order valence-corrected chi connectivity index (χ3v) is 3.55. The molecule has 2 amide bonds. The van der Waals surface area contributed by atoms with Gasteiger partial charge in [-0.2, -0.15) is 0 Å². The minimum atomic E-state index is -0.190. The van der Waals surface area contributed by atoms with Crippen molar-refractivity contribution in [1.82, 2.24) is 14.7 Å². The van der Waals surface area contributed by atoms with Gasteiger partial charge in [0.25, 0.3) is 0 Å². The molecule has 0 unspecified atom stereocenters. The topological polar surface area (TPSA) is 64.1 Å². The Bertz CT molecular complexity index is 321. The van der Waals surface area contributed by atoms with E-state index in [0.717, 1.165) is 19.6 Å². The molecule has 0 aliphatic carbocycles. The van der Waals surface area contributed by atoms with Crippen LogP contribution in [0.4, 0.5) is 0 Å². The van der Waals surface area contributed by atoms with Crippen LogP contribution in [0, 0.1) is 0 Å². The summed E-state index contributed by atoms with van der Waals surface area (Å²) < 4.78 is 0. The van der Waals surface area contributed by atoms with Gasteiger partial charge in [0.05, 0.1) is 6.61 Å². The fraction of sp³-hybridized carbons (Fsp3) is 0.818. The average molecular weight is 241 g/mol. The Balaban J connectivity index is 2.00. The zero-order valence-corrected chi connectivity index (χ0v) is 10.1. The van der Waals surface area contributed by atoms with Gasteiger partial charge >= 0.3 is 0 Å². The van der Waals surface area contributed by atoms with Crippen LogP contribution in [0.2, 0.25) is 0 Å². The summed E-state index contributed by atoms with van der Waals surface area (Å²) in [7, 11) is 1.80. The van der Waals surface area contributed by atoms with E-state index in [4.69, 9.17) is 5.11 Å². The second-order valence-electron chi connectivity index (χ2n) is 4.62. The van der Waals surface area contributed by atoms with Crippen molar-refractivity contribution >= 4 is 11.8 Å². The molecule has 0 aromatic rings. The molecule has 0 saturated carbocycles. The second kappa shape index (κ2) is 5.01. The normalized spacial score (nSPS) is 26.0. The van der Waals surface area contributed by atoms with E-state index in [1.54, 1.807) is 16.8 Å². The number of nitrogens with zero attached hydrogens (tertiary/aromatic N) is 3. The highest BCUT2D eigenvalue weighted by molar-refractivity contribution is 5.84. The van der Waals surface area contributed by atoms with Crippen molar-refractivity contribution in [3.63, 3.8) is 0 Å². The largest absolute Gasteiger partial charge is 0.396 e. The lowest BCUT2D eigenvalue weighted by atomic mass is 10.1. The number of carbonyl (C=O) groups is 2. The summed E-state index contributed by atoms with van der Waals surface area (Å²) in [5, 5.41) is 8.76. The van der Waals surface area contributed by atoms with E-state index in [2.05, 4.69) is 4.90 Å². The van der Waals surface area contributed by atoms with Crippen LogP contribution < -0.4 is 0 Å². The summed E-state index contributed by atoms with van der Waals surface area (Å²) in [6.45, 7) is 3.39. The summed E-state index contributed by atoms with van der Waals surface area (Å²) in [5.41, 5.74) is 0. The second-order valence-corrected chi connectivity index (χ2v) is 4.62. The molecule has 6 nitrogen and oxygen atoms in total. The number of hydrogen-bond donors (Lipinski definition) is 1. The van der Waals surface area contributed by atoms with Gasteiger partial charge in [-0.3, -0.25) is 14.5 Å². The molecule has 2 saturated heterocycles. The Morgan fingerprint density at radius 1 is 1.35 bits per heavy atom. The molecule has 1 atom stereocenters. The van der Waals surface area contributed by atoms with E-state index < -0.39 is 0 Å². The molecule has 2 heterocycles. The van der Waals surface area contributed by atoms with Gasteiger partial charge in [-0.15, -0.1) is 0 Å². The lowest BCUT2D eigenvalue weighted by molar-refractivity contribution is -0.147. The van der Waals surface area contributed by atoms with Crippen LogP contribution in [-0.2, 0) is 9.59 Å². The quantitative estimate of drug-likeness (QED) is 0.629. The van der Waals surface area contributed by atoms with Crippen LogP contribution in [0.3, 0.4) is 0 Å². The molecular formula is C11H19N3O3. The number of rotatable bonds is 2. The van der Waals surface area contributed by atoms with Gasteiger partial charge in [-0.1, -0.05) is 0 Å². The fourth-order valence-corrected chi connectivity index (χ4v) is 2.45. The molecule has 0 spiro atoms. The van der Waals surface area contributed by atoms with E-state index in [0.29, 0.717) is 13.1 Å². The molecule has 2 aliphatic heterocycles. The third kappa shape index (κ3) is 2.42. The van der Waals surface area contributed by atoms with Crippen molar-refractivity contribution in [3.05, 3.63) is 0 Å². The summed E-state index contributed by atoms with van der Waals surface area (Å²) in [6, 6.07) is -0.190. The third-order valence-electron chi connectivity index (χ3n) is 3.55. The summed E-state index contributed by atoms with van der Waals surface area (Å²) >= 11 is 0. The van der Waals surface area contributed by atoms with Gasteiger partial charge in [0.1, 0.15) is 6.04 Å². The highest BCUT2D eigenvalue weighted by atomic mass is 16.3. The van der Waals surface area contributed by atoms with E-state index in [9.17, 15) is 9.59 Å². The average Bonchev–Trinajstić information content (AvgIpc) is 2.34. The van der Waals surface area contributed by atoms with E-state index in [1.807, 2.05) is 0 Å². The Morgan fingerprint density at radius 3 is 2.76 bits per heavy atom. The van der Waals surface area contributed by atoms with Gasteiger partial charge < -0.3 is 14.9 Å². The Labute approximate surface area is 101 Å². The van der Waals surface area contributed by atoms with Gasteiger partial charge in [0, 0.05) is 46.2 Å². The summed E-state index contributed by atoms with van der Waals surface area (Å²) in [5.74, 6) is 0.0333. The number of hydrogen-bond acceptors (Lipinski definition) is 4. The van der Waals surface area contributed by atoms with Gasteiger partial charge in [0.2, 0.25) is 11.8 Å². The molecule has 2 rings (SSSR count). The summed E-state index contributed by atoms with van der Waals surface area (Å²) in [4.78, 5) is 29.2. The van der Waals surface area contributed by atoms with Gasteiger partial charge in [0.15, 0.2) is 0 Å². The van der Waals surface area contributed by atoms with Crippen LogP contribution in [0.5, 0.6) is 0 Å². The van der Waals surface area contributed by atoms with Crippen LogP contribution in [-0.4, -0.2) is 84.0 Å². The number of likely N-dealkylation sites (N-methyl/N-ethyl adjacent to an activating group) is 1. The monoisotopic (exact) mass is 241 g/mol. The van der Waals surface area contributed by atoms with Crippen LogP contribution >= 0.6 is 0 Å². The molecule has 2 fully saturated rings. The maximum atomic E-state index is 12.0. The first-order valence-electron chi connectivity index (χ1n) is 6.01. The smallest absolute Gasteiger partial charge is 0.241 e. The predicted octanol–water partition coefficient (Wildman–Crippen LogP) is -1.65. The SMILES string of the molecule is CN1CCN2CCN(C(=O)CCO)C[C@H]2C1=O. The summed E-state index contributed by atoms with van der Waals surface area (Å²) in [6.07, 6.45) is 0.150. The van der Waals surface area contributed by atoms with Crippen LogP contribution in [0.1, 0.15) is 6.42 Å². The van der Waals surface area contributed by atoms with Crippen LogP contribution in [0.25, 0.3) is 0 Å². The highest BCUT2D eigenvalue weighted by Gasteiger charge is 2.38. The highest BCUT2D eigenvalue weighted by Crippen LogP contribution is 2.16. The van der Waals surface area contributed by atoms with Crippen molar-refractivity contribution < 1.29 is 14.7 Å². The zero-order chi connectivity index (χ0) is 12.4. The first kappa shape index (κ1) is 12.3. The number of amides is 2. The van der Waals surface area contributed by atoms with Crippen molar-refractivity contribution in [2.24, 2.45) is 0 Å². The first-order chi connectivity index (χ1) is 8.13. The lowest BCUT2D eigenvalue weighted by Crippen LogP contribution is -2.64. The molecule has 17 heavy (non-hydrogen) atoms. The number of aliphatic hydroxyl groups is 1. The first-order valence-corrected chi connectivity index (χ1v) is 6.01. The molecule has 0 aromatic heterocycles. The Kier molecular flexibility index (Phi) is 3.63. The molecule has 96 valence electrons. The molecule has 0 radical (unpaired) electrons. The number of piperazine rings is 2. The number of carbonyl (C=O) groups excluding carboxylic acids is 2. The molecule has 2 aliphatic rings.